The molecule has 0 aromatic rings. The zero-order valence-corrected chi connectivity index (χ0v) is 12.5. The number of allylic oxidation sites excluding steroid dienone is 2. The lowest BCUT2D eigenvalue weighted by atomic mass is 9.99. The Hall–Kier alpha value is -1.40. The van der Waals surface area contributed by atoms with Crippen LogP contribution in [0.1, 0.15) is 45.4 Å². The molecule has 0 radical (unpaired) electrons. The normalized spacial score (nSPS) is 14.0. The van der Waals surface area contributed by atoms with Gasteiger partial charge in [-0.25, -0.2) is 0 Å². The highest BCUT2D eigenvalue weighted by molar-refractivity contribution is 5.78. The number of hydrogen-bond acceptors (Lipinski definition) is 5. The first-order chi connectivity index (χ1) is 10.0. The predicted molar refractivity (Wildman–Crippen MR) is 77.7 cm³/mol. The number of aliphatic hydroxyl groups excluding tert-OH is 2. The first kappa shape index (κ1) is 19.6. The third kappa shape index (κ3) is 11.0. The molecule has 0 heterocycles. The summed E-state index contributed by atoms with van der Waals surface area (Å²) in [6, 6.07) is 0. The van der Waals surface area contributed by atoms with Gasteiger partial charge >= 0.3 is 11.9 Å². The topological polar surface area (TPSA) is 104 Å². The lowest BCUT2D eigenvalue weighted by molar-refractivity contribution is -0.154. The third-order valence-corrected chi connectivity index (χ3v) is 2.98. The largest absolute Gasteiger partial charge is 0.481 e. The van der Waals surface area contributed by atoms with Crippen LogP contribution in [0.15, 0.2) is 12.2 Å². The lowest BCUT2D eigenvalue weighted by Crippen LogP contribution is -2.24. The molecule has 2 atom stereocenters. The van der Waals surface area contributed by atoms with Gasteiger partial charge in [0.2, 0.25) is 0 Å². The maximum atomic E-state index is 11.5. The zero-order valence-electron chi connectivity index (χ0n) is 12.5. The fraction of sp³-hybridized carbons (Fsp3) is 0.733. The van der Waals surface area contributed by atoms with E-state index in [1.54, 1.807) is 0 Å². The molecule has 0 rings (SSSR count). The van der Waals surface area contributed by atoms with E-state index in [0.29, 0.717) is 12.8 Å². The Balaban J connectivity index is 4.04. The summed E-state index contributed by atoms with van der Waals surface area (Å²) in [6.07, 6.45) is 6.80. The third-order valence-electron chi connectivity index (χ3n) is 2.98. The molecular weight excluding hydrogens is 276 g/mol. The SMILES string of the molecule is CCCC/C=C/CCC(CC(=O)OCC(O)CO)C(=O)O. The number of aliphatic hydroxyl groups is 2. The minimum absolute atomic E-state index is 0.226. The monoisotopic (exact) mass is 302 g/mol. The number of carboxylic acids is 1. The Labute approximate surface area is 125 Å². The van der Waals surface area contributed by atoms with Crippen molar-refractivity contribution in [3.8, 4) is 0 Å². The van der Waals surface area contributed by atoms with Crippen molar-refractivity contribution in [2.45, 2.75) is 51.6 Å². The molecule has 21 heavy (non-hydrogen) atoms. The second kappa shape index (κ2) is 12.3. The molecule has 0 amide bonds. The molecule has 6 heteroatoms. The van der Waals surface area contributed by atoms with Gasteiger partial charge in [0.1, 0.15) is 12.7 Å². The highest BCUT2D eigenvalue weighted by Crippen LogP contribution is 2.14. The van der Waals surface area contributed by atoms with Gasteiger partial charge in [-0.05, 0) is 19.3 Å². The molecular formula is C15H26O6. The van der Waals surface area contributed by atoms with Gasteiger partial charge in [-0.2, -0.15) is 0 Å². The first-order valence-corrected chi connectivity index (χ1v) is 7.33. The highest BCUT2D eigenvalue weighted by atomic mass is 16.5. The van der Waals surface area contributed by atoms with Crippen LogP contribution in [0, 0.1) is 5.92 Å². The van der Waals surface area contributed by atoms with E-state index >= 15 is 0 Å². The summed E-state index contributed by atoms with van der Waals surface area (Å²) in [5.74, 6) is -2.50. The van der Waals surface area contributed by atoms with E-state index in [2.05, 4.69) is 6.92 Å². The highest BCUT2D eigenvalue weighted by Gasteiger charge is 2.21. The van der Waals surface area contributed by atoms with Crippen LogP contribution < -0.4 is 0 Å². The first-order valence-electron chi connectivity index (χ1n) is 7.33. The fourth-order valence-electron chi connectivity index (χ4n) is 1.67. The molecule has 2 unspecified atom stereocenters. The van der Waals surface area contributed by atoms with E-state index in [1.807, 2.05) is 12.2 Å². The van der Waals surface area contributed by atoms with E-state index in [-0.39, 0.29) is 13.0 Å². The van der Waals surface area contributed by atoms with Crippen molar-refractivity contribution in [1.82, 2.24) is 0 Å². The smallest absolute Gasteiger partial charge is 0.307 e. The molecule has 3 N–H and O–H groups in total. The Morgan fingerprint density at radius 1 is 1.24 bits per heavy atom. The van der Waals surface area contributed by atoms with Gasteiger partial charge in [0, 0.05) is 0 Å². The number of aliphatic carboxylic acids is 1. The van der Waals surface area contributed by atoms with Crippen LogP contribution in [0.3, 0.4) is 0 Å². The minimum Gasteiger partial charge on any atom is -0.481 e. The Bertz CT molecular complexity index is 326. The Kier molecular flexibility index (Phi) is 11.5. The molecule has 0 spiro atoms. The van der Waals surface area contributed by atoms with Crippen molar-refractivity contribution >= 4 is 11.9 Å². The fourth-order valence-corrected chi connectivity index (χ4v) is 1.67. The number of rotatable bonds is 12. The quantitative estimate of drug-likeness (QED) is 0.287. The molecule has 0 aliphatic heterocycles. The van der Waals surface area contributed by atoms with Crippen LogP contribution >= 0.6 is 0 Å². The number of hydrogen-bond donors (Lipinski definition) is 3. The van der Waals surface area contributed by atoms with Gasteiger partial charge in [0.15, 0.2) is 0 Å². The molecule has 0 saturated heterocycles. The summed E-state index contributed by atoms with van der Waals surface area (Å²) < 4.78 is 4.70. The summed E-state index contributed by atoms with van der Waals surface area (Å²) in [5, 5.41) is 26.7. The van der Waals surface area contributed by atoms with Crippen molar-refractivity contribution in [1.29, 1.82) is 0 Å². The van der Waals surface area contributed by atoms with Crippen LogP contribution in [0.4, 0.5) is 0 Å². The van der Waals surface area contributed by atoms with Crippen LogP contribution in [0.2, 0.25) is 0 Å². The maximum absolute atomic E-state index is 11.5. The summed E-state index contributed by atoms with van der Waals surface area (Å²) in [5.41, 5.74) is 0. The molecule has 0 aliphatic rings. The summed E-state index contributed by atoms with van der Waals surface area (Å²) in [7, 11) is 0. The van der Waals surface area contributed by atoms with E-state index in [9.17, 15) is 9.59 Å². The second-order valence-electron chi connectivity index (χ2n) is 4.95. The lowest BCUT2D eigenvalue weighted by Gasteiger charge is -2.12. The molecule has 0 bridgehead atoms. The number of unbranched alkanes of at least 4 members (excludes halogenated alkanes) is 2. The number of ether oxygens (including phenoxy) is 1. The Morgan fingerprint density at radius 2 is 1.90 bits per heavy atom. The number of esters is 1. The number of carbonyl (C=O) groups is 2. The number of carbonyl (C=O) groups excluding carboxylic acids is 1. The van der Waals surface area contributed by atoms with Gasteiger partial charge in [-0.3, -0.25) is 9.59 Å². The zero-order chi connectivity index (χ0) is 16.1. The van der Waals surface area contributed by atoms with Gasteiger partial charge in [-0.15, -0.1) is 0 Å². The maximum Gasteiger partial charge on any atom is 0.307 e. The van der Waals surface area contributed by atoms with Crippen molar-refractivity contribution in [2.75, 3.05) is 13.2 Å². The molecule has 0 aliphatic carbocycles. The van der Waals surface area contributed by atoms with Crippen LogP contribution in [0.25, 0.3) is 0 Å². The van der Waals surface area contributed by atoms with Crippen molar-refractivity contribution in [2.24, 2.45) is 5.92 Å². The standard InChI is InChI=1S/C15H26O6/c1-2-3-4-5-6-7-8-12(15(19)20)9-14(18)21-11-13(17)10-16/h5-6,12-13,16-17H,2-4,7-11H2,1H3,(H,19,20)/b6-5+. The molecule has 0 aromatic carbocycles. The average Bonchev–Trinajstić information content (AvgIpc) is 2.46. The summed E-state index contributed by atoms with van der Waals surface area (Å²) >= 11 is 0. The van der Waals surface area contributed by atoms with E-state index in [4.69, 9.17) is 20.1 Å². The predicted octanol–water partition coefficient (Wildman–Crippen LogP) is 1.50. The molecule has 0 fully saturated rings. The van der Waals surface area contributed by atoms with Crippen LogP contribution in [-0.2, 0) is 14.3 Å². The van der Waals surface area contributed by atoms with Crippen molar-refractivity contribution in [3.63, 3.8) is 0 Å². The van der Waals surface area contributed by atoms with Crippen LogP contribution in [0.5, 0.6) is 0 Å². The van der Waals surface area contributed by atoms with Gasteiger partial charge < -0.3 is 20.1 Å². The van der Waals surface area contributed by atoms with Crippen molar-refractivity contribution < 1.29 is 29.6 Å². The Morgan fingerprint density at radius 3 is 2.48 bits per heavy atom. The summed E-state index contributed by atoms with van der Waals surface area (Å²) in [6.45, 7) is 1.28. The number of carboxylic acid groups (broad SMARTS) is 1. The second-order valence-corrected chi connectivity index (χ2v) is 4.95. The van der Waals surface area contributed by atoms with E-state index in [1.165, 1.54) is 0 Å². The molecule has 6 nitrogen and oxygen atoms in total. The van der Waals surface area contributed by atoms with Crippen molar-refractivity contribution in [3.05, 3.63) is 12.2 Å². The van der Waals surface area contributed by atoms with Gasteiger partial charge in [0.05, 0.1) is 18.9 Å². The van der Waals surface area contributed by atoms with Gasteiger partial charge in [0.25, 0.3) is 0 Å². The minimum atomic E-state index is -1.13. The molecule has 122 valence electrons. The van der Waals surface area contributed by atoms with E-state index in [0.717, 1.165) is 19.3 Å². The van der Waals surface area contributed by atoms with Crippen LogP contribution in [-0.4, -0.2) is 46.6 Å². The molecule has 0 aromatic heterocycles. The average molecular weight is 302 g/mol. The van der Waals surface area contributed by atoms with E-state index < -0.39 is 30.6 Å². The molecule has 0 saturated carbocycles. The van der Waals surface area contributed by atoms with Gasteiger partial charge in [-0.1, -0.05) is 31.9 Å². The summed E-state index contributed by atoms with van der Waals surface area (Å²) in [4.78, 5) is 22.5.